The van der Waals surface area contributed by atoms with Gasteiger partial charge in [0, 0.05) is 24.1 Å². The minimum Gasteiger partial charge on any atom is -0.493 e. The largest absolute Gasteiger partial charge is 0.493 e. The molecule has 2 nitrogen and oxygen atoms in total. The molecule has 1 fully saturated rings. The van der Waals surface area contributed by atoms with Crippen molar-refractivity contribution in [1.29, 1.82) is 0 Å². The molecule has 1 heterocycles. The summed E-state index contributed by atoms with van der Waals surface area (Å²) in [6, 6.07) is 9.15. The minimum absolute atomic E-state index is 0.532. The van der Waals surface area contributed by atoms with Gasteiger partial charge in [-0.15, -0.1) is 0 Å². The third-order valence-corrected chi connectivity index (χ3v) is 4.89. The van der Waals surface area contributed by atoms with E-state index in [4.69, 9.17) is 4.74 Å². The monoisotopic (exact) mass is 245 g/mol. The van der Waals surface area contributed by atoms with Crippen molar-refractivity contribution in [2.24, 2.45) is 11.8 Å². The van der Waals surface area contributed by atoms with Gasteiger partial charge in [-0.2, -0.15) is 0 Å². The lowest BCUT2D eigenvalue weighted by Crippen LogP contribution is -2.35. The van der Waals surface area contributed by atoms with Crippen LogP contribution in [0.4, 0.5) is 0 Å². The lowest BCUT2D eigenvalue weighted by atomic mass is 9.96. The van der Waals surface area contributed by atoms with Gasteiger partial charge >= 0.3 is 0 Å². The maximum absolute atomic E-state index is 5.73. The predicted octanol–water partition coefficient (Wildman–Crippen LogP) is 3.19. The fourth-order valence-corrected chi connectivity index (χ4v) is 3.34. The molecule has 2 heteroatoms. The second kappa shape index (κ2) is 4.93. The fraction of sp³-hybridized carbons (Fsp3) is 0.625. The number of benzene rings is 1. The Balaban J connectivity index is 1.59. The molecule has 3 rings (SSSR count). The van der Waals surface area contributed by atoms with Crippen molar-refractivity contribution >= 4 is 0 Å². The van der Waals surface area contributed by atoms with Gasteiger partial charge in [-0.05, 0) is 30.7 Å². The van der Waals surface area contributed by atoms with Gasteiger partial charge in [-0.1, -0.05) is 32.0 Å². The number of hydrogen-bond donors (Lipinski definition) is 1. The van der Waals surface area contributed by atoms with Crippen LogP contribution in [0.25, 0.3) is 0 Å². The van der Waals surface area contributed by atoms with Crippen molar-refractivity contribution in [3.05, 3.63) is 29.8 Å². The molecule has 0 saturated heterocycles. The molecule has 0 amide bonds. The maximum Gasteiger partial charge on any atom is 0.122 e. The SMILES string of the molecule is CC1CCC(NCC2COc3ccccc32)C1C. The van der Waals surface area contributed by atoms with E-state index in [1.165, 1.54) is 18.4 Å². The zero-order chi connectivity index (χ0) is 12.5. The van der Waals surface area contributed by atoms with Crippen molar-refractivity contribution in [2.45, 2.75) is 38.6 Å². The number of para-hydroxylation sites is 1. The first-order chi connectivity index (χ1) is 8.75. The molecule has 18 heavy (non-hydrogen) atoms. The van der Waals surface area contributed by atoms with E-state index in [0.29, 0.717) is 12.0 Å². The Labute approximate surface area is 110 Å². The van der Waals surface area contributed by atoms with Crippen molar-refractivity contribution in [1.82, 2.24) is 5.32 Å². The Hall–Kier alpha value is -1.02. The Bertz CT molecular complexity index is 417. The zero-order valence-corrected chi connectivity index (χ0v) is 11.4. The van der Waals surface area contributed by atoms with Crippen LogP contribution in [0.1, 0.15) is 38.2 Å². The van der Waals surface area contributed by atoms with Crippen molar-refractivity contribution in [3.63, 3.8) is 0 Å². The van der Waals surface area contributed by atoms with Gasteiger partial charge in [0.05, 0.1) is 6.61 Å². The summed E-state index contributed by atoms with van der Waals surface area (Å²) >= 11 is 0. The molecule has 4 atom stereocenters. The highest BCUT2D eigenvalue weighted by atomic mass is 16.5. The second-order valence-corrected chi connectivity index (χ2v) is 5.97. The van der Waals surface area contributed by atoms with Crippen LogP contribution in [0.5, 0.6) is 5.75 Å². The highest BCUT2D eigenvalue weighted by Gasteiger charge is 2.31. The van der Waals surface area contributed by atoms with Gasteiger partial charge < -0.3 is 10.1 Å². The molecule has 1 N–H and O–H groups in total. The molecule has 1 aromatic rings. The van der Waals surface area contributed by atoms with E-state index < -0.39 is 0 Å². The minimum atomic E-state index is 0.532. The average molecular weight is 245 g/mol. The predicted molar refractivity (Wildman–Crippen MR) is 74.0 cm³/mol. The van der Waals surface area contributed by atoms with Crippen LogP contribution < -0.4 is 10.1 Å². The first-order valence-electron chi connectivity index (χ1n) is 7.21. The molecule has 98 valence electrons. The Morgan fingerprint density at radius 3 is 2.83 bits per heavy atom. The van der Waals surface area contributed by atoms with E-state index in [1.807, 2.05) is 0 Å². The van der Waals surface area contributed by atoms with Gasteiger partial charge in [-0.3, -0.25) is 0 Å². The third kappa shape index (κ3) is 2.14. The van der Waals surface area contributed by atoms with Crippen LogP contribution in [-0.4, -0.2) is 19.2 Å². The standard InChI is InChI=1S/C16H23NO/c1-11-7-8-15(12(11)2)17-9-13-10-18-16-6-4-3-5-14(13)16/h3-6,11-13,15,17H,7-10H2,1-2H3. The molecule has 0 radical (unpaired) electrons. The summed E-state index contributed by atoms with van der Waals surface area (Å²) in [5, 5.41) is 3.76. The zero-order valence-electron chi connectivity index (χ0n) is 11.4. The number of hydrogen-bond acceptors (Lipinski definition) is 2. The quantitative estimate of drug-likeness (QED) is 0.883. The molecule has 2 aliphatic rings. The number of fused-ring (bicyclic) bond motifs is 1. The first-order valence-corrected chi connectivity index (χ1v) is 7.21. The number of nitrogens with one attached hydrogen (secondary N) is 1. The summed E-state index contributed by atoms with van der Waals surface area (Å²) < 4.78 is 5.73. The topological polar surface area (TPSA) is 21.3 Å². The van der Waals surface area contributed by atoms with Gasteiger partial charge in [0.2, 0.25) is 0 Å². The lowest BCUT2D eigenvalue weighted by Gasteiger charge is -2.21. The summed E-state index contributed by atoms with van der Waals surface area (Å²) in [7, 11) is 0. The average Bonchev–Trinajstić information content (AvgIpc) is 2.94. The summed E-state index contributed by atoms with van der Waals surface area (Å²) in [5.41, 5.74) is 1.38. The third-order valence-electron chi connectivity index (χ3n) is 4.89. The molecular formula is C16H23NO. The lowest BCUT2D eigenvalue weighted by molar-refractivity contribution is 0.310. The van der Waals surface area contributed by atoms with Crippen LogP contribution >= 0.6 is 0 Å². The van der Waals surface area contributed by atoms with E-state index in [9.17, 15) is 0 Å². The van der Waals surface area contributed by atoms with Gasteiger partial charge in [-0.25, -0.2) is 0 Å². The summed E-state index contributed by atoms with van der Waals surface area (Å²) in [6.45, 7) is 6.65. The van der Waals surface area contributed by atoms with E-state index in [-0.39, 0.29) is 0 Å². The van der Waals surface area contributed by atoms with E-state index in [2.05, 4.69) is 43.4 Å². The molecule has 1 aromatic carbocycles. The number of rotatable bonds is 3. The van der Waals surface area contributed by atoms with E-state index >= 15 is 0 Å². The normalized spacial score (nSPS) is 34.3. The second-order valence-electron chi connectivity index (χ2n) is 5.97. The summed E-state index contributed by atoms with van der Waals surface area (Å²) in [5.74, 6) is 3.29. The molecule has 1 aliphatic carbocycles. The van der Waals surface area contributed by atoms with Gasteiger partial charge in [0.1, 0.15) is 5.75 Å². The van der Waals surface area contributed by atoms with Crippen LogP contribution in [0, 0.1) is 11.8 Å². The van der Waals surface area contributed by atoms with Crippen LogP contribution in [0.3, 0.4) is 0 Å². The van der Waals surface area contributed by atoms with Gasteiger partial charge in [0.15, 0.2) is 0 Å². The molecule has 0 aromatic heterocycles. The van der Waals surface area contributed by atoms with Crippen LogP contribution in [0.15, 0.2) is 24.3 Å². The molecule has 0 spiro atoms. The van der Waals surface area contributed by atoms with Crippen LogP contribution in [-0.2, 0) is 0 Å². The fourth-order valence-electron chi connectivity index (χ4n) is 3.34. The summed E-state index contributed by atoms with van der Waals surface area (Å²) in [4.78, 5) is 0. The van der Waals surface area contributed by atoms with Crippen molar-refractivity contribution < 1.29 is 4.74 Å². The highest BCUT2D eigenvalue weighted by molar-refractivity contribution is 5.39. The Kier molecular flexibility index (Phi) is 3.29. The molecule has 0 bridgehead atoms. The molecule has 4 unspecified atom stereocenters. The van der Waals surface area contributed by atoms with Crippen molar-refractivity contribution in [2.75, 3.05) is 13.2 Å². The number of ether oxygens (including phenoxy) is 1. The van der Waals surface area contributed by atoms with Gasteiger partial charge in [0.25, 0.3) is 0 Å². The molecule has 1 saturated carbocycles. The van der Waals surface area contributed by atoms with Crippen LogP contribution in [0.2, 0.25) is 0 Å². The maximum atomic E-state index is 5.73. The smallest absolute Gasteiger partial charge is 0.122 e. The Morgan fingerprint density at radius 2 is 2.06 bits per heavy atom. The first kappa shape index (κ1) is 12.0. The molecule has 1 aliphatic heterocycles. The Morgan fingerprint density at radius 1 is 1.22 bits per heavy atom. The van der Waals surface area contributed by atoms with E-state index in [1.54, 1.807) is 0 Å². The highest BCUT2D eigenvalue weighted by Crippen LogP contribution is 2.35. The summed E-state index contributed by atoms with van der Waals surface area (Å²) in [6.07, 6.45) is 2.70. The van der Waals surface area contributed by atoms with Crippen molar-refractivity contribution in [3.8, 4) is 5.75 Å². The molecular weight excluding hydrogens is 222 g/mol. The van der Waals surface area contributed by atoms with E-state index in [0.717, 1.165) is 30.7 Å².